The van der Waals surface area contributed by atoms with Crippen molar-refractivity contribution in [3.05, 3.63) is 59.7 Å². The lowest BCUT2D eigenvalue weighted by Gasteiger charge is -2.29. The topological polar surface area (TPSA) is 281 Å². The first-order chi connectivity index (χ1) is 22.3. The number of carbonyl (C=O) groups excluding carboxylic acids is 4. The third kappa shape index (κ3) is 12.4. The normalized spacial score (nSPS) is 21.1. The molecular weight excluding hydrogens is 680 g/mol. The second-order valence-electron chi connectivity index (χ2n) is 11.2. The Morgan fingerprint density at radius 3 is 1.33 bits per heavy atom. The predicted molar refractivity (Wildman–Crippen MR) is 164 cm³/mol. The molecule has 7 N–H and O–H groups in total. The van der Waals surface area contributed by atoms with Crippen molar-refractivity contribution in [1.82, 2.24) is 21.3 Å². The fourth-order valence-electron chi connectivity index (χ4n) is 4.67. The molecule has 1 fully saturated rings. The lowest BCUT2D eigenvalue weighted by Crippen LogP contribution is -2.62. The van der Waals surface area contributed by atoms with E-state index in [1.807, 2.05) is 0 Å². The molecule has 20 heteroatoms. The molecule has 4 atom stereocenters. The molecule has 0 radical (unpaired) electrons. The van der Waals surface area contributed by atoms with Gasteiger partial charge in [-0.3, -0.25) is 33.1 Å². The van der Waals surface area contributed by atoms with Crippen LogP contribution >= 0.6 is 0 Å². The van der Waals surface area contributed by atoms with Crippen LogP contribution in [0.4, 0.5) is 0 Å². The van der Waals surface area contributed by atoms with Crippen molar-refractivity contribution in [3.63, 3.8) is 0 Å². The van der Waals surface area contributed by atoms with E-state index in [1.54, 1.807) is 13.8 Å². The van der Waals surface area contributed by atoms with Crippen molar-refractivity contribution < 1.29 is 63.4 Å². The van der Waals surface area contributed by atoms with Gasteiger partial charge >= 0.3 is 26.8 Å². The molecule has 0 bridgehead atoms. The summed E-state index contributed by atoms with van der Waals surface area (Å²) in [5, 5.41) is 19.3. The second-order valence-corrected chi connectivity index (χ2v) is 13.2. The highest BCUT2D eigenvalue weighted by Crippen LogP contribution is 2.18. The largest absolute Gasteiger partial charge is 0.481 e. The minimum absolute atomic E-state index is 0.0846. The van der Waals surface area contributed by atoms with Crippen molar-refractivity contribution in [1.29, 1.82) is 0 Å². The van der Waals surface area contributed by atoms with Gasteiger partial charge in [0, 0.05) is 12.8 Å². The SMILES string of the molecule is CC(C)C[C@@H]1NC(=O)[C@H](CC(=O)O)NC(=O)[C@H](Cc2ccc(OS(=O)(=O)O)cc2)NC(=O)[C@H](Cc2ccc(OS(=O)(=O)O)cc2)NC1=O. The summed E-state index contributed by atoms with van der Waals surface area (Å²) in [4.78, 5) is 65.5. The summed E-state index contributed by atoms with van der Waals surface area (Å²) >= 11 is 0. The number of aliphatic carboxylic acids is 1. The van der Waals surface area contributed by atoms with Gasteiger partial charge in [-0.2, -0.15) is 16.8 Å². The summed E-state index contributed by atoms with van der Waals surface area (Å²) in [5.74, 6) is -5.66. The van der Waals surface area contributed by atoms with Gasteiger partial charge in [-0.1, -0.05) is 38.1 Å². The molecule has 262 valence electrons. The Morgan fingerprint density at radius 2 is 0.979 bits per heavy atom. The van der Waals surface area contributed by atoms with Gasteiger partial charge in [0.05, 0.1) is 6.42 Å². The summed E-state index contributed by atoms with van der Waals surface area (Å²) in [6, 6.07) is 4.36. The van der Waals surface area contributed by atoms with Crippen molar-refractivity contribution in [2.45, 2.75) is 63.7 Å². The smallest absolute Gasteiger partial charge is 0.446 e. The van der Waals surface area contributed by atoms with Crippen LogP contribution in [0.1, 0.15) is 37.8 Å². The highest BCUT2D eigenvalue weighted by atomic mass is 32.3. The van der Waals surface area contributed by atoms with Crippen LogP contribution in [0.2, 0.25) is 0 Å². The van der Waals surface area contributed by atoms with Crippen molar-refractivity contribution in [2.75, 3.05) is 0 Å². The van der Waals surface area contributed by atoms with Gasteiger partial charge < -0.3 is 34.7 Å². The average Bonchev–Trinajstić information content (AvgIpc) is 2.95. The van der Waals surface area contributed by atoms with Gasteiger partial charge in [0.2, 0.25) is 23.6 Å². The van der Waals surface area contributed by atoms with Crippen molar-refractivity contribution in [3.8, 4) is 11.5 Å². The summed E-state index contributed by atoms with van der Waals surface area (Å²) in [6.45, 7) is 3.52. The minimum Gasteiger partial charge on any atom is -0.481 e. The molecule has 0 unspecified atom stereocenters. The molecule has 2 aromatic rings. The summed E-state index contributed by atoms with van der Waals surface area (Å²) < 4.78 is 70.7. The standard InChI is InChI=1S/C28H34N4O14S2/c1-15(2)11-20-25(35)30-21(12-16-3-7-18(8-4-16)45-47(39,40)41)26(36)31-22(27(37)32-23(14-24(33)34)28(38)29-20)13-17-5-9-19(10-6-17)46-48(42,43)44/h3-10,15,20-23H,11-14H2,1-2H3,(H,29,38)(H,30,35)(H,31,36)(H,32,37)(H,33,34)(H,39,40,41)(H,42,43,44)/t20-,21-,22-,23-/m0/s1. The zero-order valence-electron chi connectivity index (χ0n) is 25.5. The molecule has 0 spiro atoms. The molecule has 1 aliphatic rings. The van der Waals surface area contributed by atoms with E-state index in [9.17, 15) is 45.9 Å². The lowest BCUT2D eigenvalue weighted by atomic mass is 9.99. The number of nitrogens with one attached hydrogen (secondary N) is 4. The van der Waals surface area contributed by atoms with E-state index < -0.39 is 81.0 Å². The maximum absolute atomic E-state index is 13.7. The number of carboxylic acid groups (broad SMARTS) is 1. The third-order valence-electron chi connectivity index (χ3n) is 6.75. The third-order valence-corrected chi connectivity index (χ3v) is 7.55. The minimum atomic E-state index is -4.82. The molecule has 2 aromatic carbocycles. The Bertz CT molecular complexity index is 1730. The zero-order valence-corrected chi connectivity index (χ0v) is 27.1. The number of rotatable bonds is 12. The molecule has 0 saturated carbocycles. The quantitative estimate of drug-likeness (QED) is 0.134. The monoisotopic (exact) mass is 714 g/mol. The van der Waals surface area contributed by atoms with E-state index in [1.165, 1.54) is 36.4 Å². The first kappa shape index (κ1) is 37.7. The Balaban J connectivity index is 1.99. The first-order valence-corrected chi connectivity index (χ1v) is 17.0. The molecule has 48 heavy (non-hydrogen) atoms. The molecular formula is C28H34N4O14S2. The Morgan fingerprint density at radius 1 is 0.646 bits per heavy atom. The number of hydrogen-bond acceptors (Lipinski definition) is 11. The summed E-state index contributed by atoms with van der Waals surface area (Å²) in [6.07, 6.45) is -1.25. The fraction of sp³-hybridized carbons (Fsp3) is 0.393. The van der Waals surface area contributed by atoms with Crippen molar-refractivity contribution in [2.24, 2.45) is 5.92 Å². The van der Waals surface area contributed by atoms with Crippen LogP contribution in [0.25, 0.3) is 0 Å². The van der Waals surface area contributed by atoms with Gasteiger partial charge in [0.1, 0.15) is 35.7 Å². The van der Waals surface area contributed by atoms with Gasteiger partial charge in [-0.15, -0.1) is 0 Å². The molecule has 1 saturated heterocycles. The van der Waals surface area contributed by atoms with Crippen molar-refractivity contribution >= 4 is 50.4 Å². The molecule has 1 heterocycles. The number of carbonyl (C=O) groups is 5. The second kappa shape index (κ2) is 15.9. The van der Waals surface area contributed by atoms with E-state index >= 15 is 0 Å². The highest BCUT2D eigenvalue weighted by Gasteiger charge is 2.35. The average molecular weight is 715 g/mol. The predicted octanol–water partition coefficient (Wildman–Crippen LogP) is -0.691. The number of benzene rings is 2. The van der Waals surface area contributed by atoms with E-state index in [-0.39, 0.29) is 36.7 Å². The highest BCUT2D eigenvalue weighted by molar-refractivity contribution is 7.81. The Labute approximate surface area is 275 Å². The summed E-state index contributed by atoms with van der Waals surface area (Å²) in [7, 11) is -9.63. The van der Waals surface area contributed by atoms with Gasteiger partial charge in [0.15, 0.2) is 0 Å². The molecule has 0 aliphatic carbocycles. The first-order valence-electron chi connectivity index (χ1n) is 14.2. The molecule has 3 rings (SSSR count). The van der Waals surface area contributed by atoms with E-state index in [0.717, 1.165) is 12.1 Å². The molecule has 1 aliphatic heterocycles. The van der Waals surface area contributed by atoms with E-state index in [2.05, 4.69) is 29.6 Å². The maximum Gasteiger partial charge on any atom is 0.446 e. The van der Waals surface area contributed by atoms with E-state index in [4.69, 9.17) is 9.11 Å². The van der Waals surface area contributed by atoms with E-state index in [0.29, 0.717) is 11.1 Å². The molecule has 4 amide bonds. The van der Waals surface area contributed by atoms with Crippen LogP contribution in [0.3, 0.4) is 0 Å². The fourth-order valence-corrected chi connectivity index (χ4v) is 5.38. The number of amides is 4. The Kier molecular flexibility index (Phi) is 12.5. The zero-order chi connectivity index (χ0) is 35.8. The van der Waals surface area contributed by atoms with Gasteiger partial charge in [-0.25, -0.2) is 0 Å². The molecule has 0 aromatic heterocycles. The van der Waals surface area contributed by atoms with Crippen LogP contribution in [0.15, 0.2) is 48.5 Å². The number of carboxylic acids is 1. The van der Waals surface area contributed by atoms with Crippen LogP contribution in [0.5, 0.6) is 11.5 Å². The molecule has 18 nitrogen and oxygen atoms in total. The van der Waals surface area contributed by atoms with Crippen LogP contribution < -0.4 is 29.6 Å². The lowest BCUT2D eigenvalue weighted by molar-refractivity contribution is -0.142. The van der Waals surface area contributed by atoms with Gasteiger partial charge in [0.25, 0.3) is 0 Å². The maximum atomic E-state index is 13.7. The summed E-state index contributed by atoms with van der Waals surface area (Å²) in [5.41, 5.74) is 0.711. The Hall–Kier alpha value is -4.79. The van der Waals surface area contributed by atoms with Crippen LogP contribution in [0, 0.1) is 5.92 Å². The van der Waals surface area contributed by atoms with Crippen LogP contribution in [-0.4, -0.2) is 84.8 Å². The van der Waals surface area contributed by atoms with Crippen LogP contribution in [-0.2, 0) is 57.6 Å². The van der Waals surface area contributed by atoms with Gasteiger partial charge in [-0.05, 0) is 47.7 Å². The number of hydrogen-bond donors (Lipinski definition) is 7.